The number of hydrogen-bond acceptors (Lipinski definition) is 4. The van der Waals surface area contributed by atoms with Gasteiger partial charge >= 0.3 is 0 Å². The van der Waals surface area contributed by atoms with E-state index >= 15 is 8.78 Å². The van der Waals surface area contributed by atoms with Crippen LogP contribution in [-0.2, 0) is 17.4 Å². The summed E-state index contributed by atoms with van der Waals surface area (Å²) in [5.74, 6) is -1.84. The van der Waals surface area contributed by atoms with E-state index in [9.17, 15) is 9.59 Å². The highest BCUT2D eigenvalue weighted by atomic mass is 35.5. The zero-order valence-electron chi connectivity index (χ0n) is 17.0. The lowest BCUT2D eigenvalue weighted by molar-refractivity contribution is -0.125. The van der Waals surface area contributed by atoms with Gasteiger partial charge in [0.2, 0.25) is 5.91 Å². The standard InChI is InChI=1S/C22H18Cl2F2N4O2/c1-3-16(31)30-9-8-22(10-30,18-13(25)5-4-12(23)19(18)24)28-15-7-6-14-17(20(15)26)21(32)29(2)11-27-14/h3-7,11,28H,1,8-10H2,2H3/t22-/m0/s1. The maximum atomic E-state index is 15.5. The normalized spacial score (nSPS) is 18.2. The molecular weight excluding hydrogens is 461 g/mol. The lowest BCUT2D eigenvalue weighted by Crippen LogP contribution is -2.41. The Morgan fingerprint density at radius 3 is 2.75 bits per heavy atom. The number of rotatable bonds is 4. The molecular formula is C22H18Cl2F2N4O2. The van der Waals surface area contributed by atoms with Crippen molar-refractivity contribution in [2.45, 2.75) is 12.0 Å². The molecule has 1 fully saturated rings. The molecule has 1 aliphatic rings. The Kier molecular flexibility index (Phi) is 5.68. The van der Waals surface area contributed by atoms with E-state index in [-0.39, 0.29) is 57.6 Å². The molecule has 4 rings (SSSR count). The van der Waals surface area contributed by atoms with Gasteiger partial charge in [0.25, 0.3) is 5.56 Å². The topological polar surface area (TPSA) is 67.2 Å². The fraction of sp³-hybridized carbons (Fsp3) is 0.227. The van der Waals surface area contributed by atoms with Crippen molar-refractivity contribution in [2.75, 3.05) is 18.4 Å². The van der Waals surface area contributed by atoms with E-state index in [0.717, 1.165) is 6.08 Å². The quantitative estimate of drug-likeness (QED) is 0.449. The molecule has 166 valence electrons. The van der Waals surface area contributed by atoms with Crippen molar-refractivity contribution < 1.29 is 13.6 Å². The van der Waals surface area contributed by atoms with E-state index < -0.39 is 22.7 Å². The maximum absolute atomic E-state index is 15.5. The van der Waals surface area contributed by atoms with Crippen molar-refractivity contribution in [3.05, 3.63) is 80.8 Å². The highest BCUT2D eigenvalue weighted by Gasteiger charge is 2.45. The number of carbonyl (C=O) groups excluding carboxylic acids is 1. The molecule has 6 nitrogen and oxygen atoms in total. The zero-order valence-corrected chi connectivity index (χ0v) is 18.5. The first-order valence-corrected chi connectivity index (χ1v) is 10.4. The molecule has 0 saturated carbocycles. The lowest BCUT2D eigenvalue weighted by Gasteiger charge is -2.33. The molecule has 1 saturated heterocycles. The molecule has 1 atom stereocenters. The Balaban J connectivity index is 1.90. The van der Waals surface area contributed by atoms with Crippen LogP contribution >= 0.6 is 23.2 Å². The number of amides is 1. The smallest absolute Gasteiger partial charge is 0.263 e. The van der Waals surface area contributed by atoms with Crippen molar-refractivity contribution in [3.8, 4) is 0 Å². The number of aromatic nitrogens is 2. The highest BCUT2D eigenvalue weighted by molar-refractivity contribution is 6.42. The molecule has 0 radical (unpaired) electrons. The first kappa shape index (κ1) is 22.2. The second kappa shape index (κ2) is 8.18. The van der Waals surface area contributed by atoms with Gasteiger partial charge in [0, 0.05) is 25.7 Å². The predicted octanol–water partition coefficient (Wildman–Crippen LogP) is 4.24. The van der Waals surface area contributed by atoms with E-state index in [0.29, 0.717) is 0 Å². The highest BCUT2D eigenvalue weighted by Crippen LogP contribution is 2.43. The summed E-state index contributed by atoms with van der Waals surface area (Å²) >= 11 is 12.5. The summed E-state index contributed by atoms with van der Waals surface area (Å²) in [6, 6.07) is 5.40. The van der Waals surface area contributed by atoms with Gasteiger partial charge in [0.1, 0.15) is 11.2 Å². The number of fused-ring (bicyclic) bond motifs is 1. The minimum Gasteiger partial charge on any atom is -0.371 e. The van der Waals surface area contributed by atoms with E-state index in [1.54, 1.807) is 0 Å². The second-order valence-electron chi connectivity index (χ2n) is 7.62. The molecule has 0 unspecified atom stereocenters. The van der Waals surface area contributed by atoms with Crippen LogP contribution in [-0.4, -0.2) is 33.4 Å². The molecule has 2 heterocycles. The average Bonchev–Trinajstić information content (AvgIpc) is 3.19. The van der Waals surface area contributed by atoms with Gasteiger partial charge in [-0.2, -0.15) is 0 Å². The summed E-state index contributed by atoms with van der Waals surface area (Å²) in [6.45, 7) is 3.72. The molecule has 0 aliphatic carbocycles. The maximum Gasteiger partial charge on any atom is 0.263 e. The molecule has 32 heavy (non-hydrogen) atoms. The van der Waals surface area contributed by atoms with Crippen molar-refractivity contribution in [2.24, 2.45) is 7.05 Å². The number of nitrogens with zero attached hydrogens (tertiary/aromatic N) is 3. The molecule has 1 amide bonds. The van der Waals surface area contributed by atoms with Gasteiger partial charge in [-0.15, -0.1) is 0 Å². The molecule has 3 aromatic rings. The van der Waals surface area contributed by atoms with Crippen LogP contribution in [0.25, 0.3) is 10.9 Å². The van der Waals surface area contributed by atoms with Crippen LogP contribution in [0.1, 0.15) is 12.0 Å². The molecule has 2 aromatic carbocycles. The summed E-state index contributed by atoms with van der Waals surface area (Å²) in [5.41, 5.74) is -1.71. The summed E-state index contributed by atoms with van der Waals surface area (Å²) in [7, 11) is 1.46. The predicted molar refractivity (Wildman–Crippen MR) is 120 cm³/mol. The fourth-order valence-corrected chi connectivity index (χ4v) is 4.56. The van der Waals surface area contributed by atoms with Crippen LogP contribution in [0.5, 0.6) is 0 Å². The average molecular weight is 479 g/mol. The van der Waals surface area contributed by atoms with Crippen LogP contribution in [0.3, 0.4) is 0 Å². The van der Waals surface area contributed by atoms with Gasteiger partial charge in [0.05, 0.1) is 33.1 Å². The van der Waals surface area contributed by atoms with Gasteiger partial charge in [-0.25, -0.2) is 13.8 Å². The van der Waals surface area contributed by atoms with E-state index in [1.807, 2.05) is 0 Å². The van der Waals surface area contributed by atoms with Crippen LogP contribution in [0, 0.1) is 11.6 Å². The third-order valence-corrected chi connectivity index (χ3v) is 6.48. The summed E-state index contributed by atoms with van der Waals surface area (Å²) in [4.78, 5) is 30.3. The number of carbonyl (C=O) groups is 1. The molecule has 1 aliphatic heterocycles. The van der Waals surface area contributed by atoms with Crippen molar-refractivity contribution in [1.82, 2.24) is 14.5 Å². The number of halogens is 4. The summed E-state index contributed by atoms with van der Waals surface area (Å²) < 4.78 is 31.7. The van der Waals surface area contributed by atoms with Crippen LogP contribution < -0.4 is 10.9 Å². The van der Waals surface area contributed by atoms with E-state index in [1.165, 1.54) is 47.1 Å². The van der Waals surface area contributed by atoms with Crippen molar-refractivity contribution in [1.29, 1.82) is 0 Å². The van der Waals surface area contributed by atoms with E-state index in [2.05, 4.69) is 16.9 Å². The third-order valence-electron chi connectivity index (χ3n) is 5.68. The largest absolute Gasteiger partial charge is 0.371 e. The van der Waals surface area contributed by atoms with Crippen LogP contribution in [0.15, 0.2) is 48.0 Å². The monoisotopic (exact) mass is 478 g/mol. The number of benzene rings is 2. The Morgan fingerprint density at radius 1 is 1.28 bits per heavy atom. The Hall–Kier alpha value is -2.97. The Morgan fingerprint density at radius 2 is 2.03 bits per heavy atom. The minimum atomic E-state index is -1.30. The zero-order chi connectivity index (χ0) is 23.2. The first-order chi connectivity index (χ1) is 15.2. The molecule has 0 bridgehead atoms. The van der Waals surface area contributed by atoms with Gasteiger partial charge in [-0.05, 0) is 36.8 Å². The minimum absolute atomic E-state index is 0.0165. The lowest BCUT2D eigenvalue weighted by atomic mass is 9.87. The fourth-order valence-electron chi connectivity index (χ4n) is 4.07. The van der Waals surface area contributed by atoms with Crippen LogP contribution in [0.4, 0.5) is 14.5 Å². The number of likely N-dealkylation sites (tertiary alicyclic amines) is 1. The van der Waals surface area contributed by atoms with Gasteiger partial charge in [-0.3, -0.25) is 9.59 Å². The molecule has 1 N–H and O–H groups in total. The Labute approximate surface area is 192 Å². The second-order valence-corrected chi connectivity index (χ2v) is 8.41. The number of hydrogen-bond donors (Lipinski definition) is 1. The summed E-state index contributed by atoms with van der Waals surface area (Å²) in [6.07, 6.45) is 2.67. The van der Waals surface area contributed by atoms with Crippen molar-refractivity contribution >= 4 is 45.7 Å². The molecule has 1 aromatic heterocycles. The number of anilines is 1. The molecule has 0 spiro atoms. The first-order valence-electron chi connectivity index (χ1n) is 9.66. The van der Waals surface area contributed by atoms with Gasteiger partial charge in [-0.1, -0.05) is 29.8 Å². The molecule has 10 heteroatoms. The van der Waals surface area contributed by atoms with Crippen LogP contribution in [0.2, 0.25) is 10.0 Å². The number of nitrogens with one attached hydrogen (secondary N) is 1. The number of aryl methyl sites for hydroxylation is 1. The van der Waals surface area contributed by atoms with Crippen molar-refractivity contribution in [3.63, 3.8) is 0 Å². The SMILES string of the molecule is C=CC(=O)N1CC[C@@](Nc2ccc3ncn(C)c(=O)c3c2F)(c2c(F)ccc(Cl)c2Cl)C1. The summed E-state index contributed by atoms with van der Waals surface area (Å²) in [5, 5.41) is 2.91. The van der Waals surface area contributed by atoms with Gasteiger partial charge in [0.15, 0.2) is 5.82 Å². The third kappa shape index (κ3) is 3.53. The Bertz CT molecular complexity index is 1330. The van der Waals surface area contributed by atoms with E-state index in [4.69, 9.17) is 23.2 Å². The van der Waals surface area contributed by atoms with Gasteiger partial charge < -0.3 is 14.8 Å².